The second-order valence-corrected chi connectivity index (χ2v) is 7.17. The first-order valence-corrected chi connectivity index (χ1v) is 7.14. The molecule has 0 aliphatic carbocycles. The Kier molecular flexibility index (Phi) is 4.79. The molecule has 5 nitrogen and oxygen atoms in total. The van der Waals surface area contributed by atoms with Crippen molar-refractivity contribution in [3.05, 3.63) is 23.8 Å². The number of rotatable bonds is 5. The second kappa shape index (κ2) is 5.74. The maximum absolute atomic E-state index is 12.7. The van der Waals surface area contributed by atoms with Gasteiger partial charge in [0.2, 0.25) is 0 Å². The van der Waals surface area contributed by atoms with Crippen LogP contribution in [0.25, 0.3) is 0 Å². The molecule has 0 aliphatic rings. The molecule has 0 heterocycles. The van der Waals surface area contributed by atoms with Crippen molar-refractivity contribution in [2.45, 2.75) is 6.92 Å². The number of hydrogen-bond donors (Lipinski definition) is 0. The fourth-order valence-corrected chi connectivity index (χ4v) is 3.00. The van der Waals surface area contributed by atoms with Gasteiger partial charge in [-0.25, -0.2) is 13.9 Å². The van der Waals surface area contributed by atoms with Gasteiger partial charge in [-0.15, -0.1) is 0 Å². The molecule has 6 heteroatoms. The van der Waals surface area contributed by atoms with E-state index in [1.54, 1.807) is 56.8 Å². The smallest absolute Gasteiger partial charge is 0.394 e. The van der Waals surface area contributed by atoms with E-state index in [1.165, 1.54) is 0 Å². The third-order valence-electron chi connectivity index (χ3n) is 2.61. The molecule has 0 saturated carbocycles. The highest BCUT2D eigenvalue weighted by Gasteiger charge is 2.31. The number of aryl methyl sites for hydroxylation is 1. The highest BCUT2D eigenvalue weighted by atomic mass is 31.2. The molecule has 1 rings (SSSR count). The maximum Gasteiger partial charge on any atom is 0.394 e. The van der Waals surface area contributed by atoms with E-state index in [1.807, 2.05) is 13.0 Å². The van der Waals surface area contributed by atoms with E-state index >= 15 is 0 Å². The van der Waals surface area contributed by atoms with Crippen LogP contribution in [0.5, 0.6) is 11.5 Å². The fourth-order valence-electron chi connectivity index (χ4n) is 1.50. The van der Waals surface area contributed by atoms with E-state index in [4.69, 9.17) is 9.26 Å². The lowest BCUT2D eigenvalue weighted by atomic mass is 10.2. The first kappa shape index (κ1) is 15.0. The largest absolute Gasteiger partial charge is 0.497 e. The van der Waals surface area contributed by atoms with Crippen LogP contribution in [-0.4, -0.2) is 44.6 Å². The Morgan fingerprint density at radius 3 is 2.06 bits per heavy atom. The minimum Gasteiger partial charge on any atom is -0.497 e. The standard InChI is InChI=1S/C12H21N2O3P/c1-10-9-11(16-6)7-8-12(10)17-18(15,13(2)3)14(4)5/h7-9H,1-6H3. The minimum absolute atomic E-state index is 0.599. The summed E-state index contributed by atoms with van der Waals surface area (Å²) in [6.07, 6.45) is 0. The third-order valence-corrected chi connectivity index (χ3v) is 5.07. The van der Waals surface area contributed by atoms with Gasteiger partial charge in [-0.2, -0.15) is 0 Å². The zero-order chi connectivity index (χ0) is 13.9. The summed E-state index contributed by atoms with van der Waals surface area (Å²) in [5, 5.41) is 0. The molecule has 102 valence electrons. The molecule has 0 amide bonds. The topological polar surface area (TPSA) is 42.0 Å². The van der Waals surface area contributed by atoms with Crippen LogP contribution in [0, 0.1) is 6.92 Å². The van der Waals surface area contributed by atoms with E-state index in [0.717, 1.165) is 11.3 Å². The molecule has 0 aromatic heterocycles. The van der Waals surface area contributed by atoms with Crippen LogP contribution in [0.1, 0.15) is 5.56 Å². The van der Waals surface area contributed by atoms with E-state index in [2.05, 4.69) is 0 Å². The number of ether oxygens (including phenoxy) is 1. The van der Waals surface area contributed by atoms with E-state index in [-0.39, 0.29) is 0 Å². The summed E-state index contributed by atoms with van der Waals surface area (Å²) in [6, 6.07) is 5.41. The van der Waals surface area contributed by atoms with Crippen molar-refractivity contribution in [2.75, 3.05) is 35.3 Å². The second-order valence-electron chi connectivity index (χ2n) is 4.41. The van der Waals surface area contributed by atoms with Gasteiger partial charge in [-0.1, -0.05) is 0 Å². The van der Waals surface area contributed by atoms with E-state index in [9.17, 15) is 4.57 Å². The Hall–Kier alpha value is -1.03. The Morgan fingerprint density at radius 2 is 1.67 bits per heavy atom. The van der Waals surface area contributed by atoms with Crippen molar-refractivity contribution in [2.24, 2.45) is 0 Å². The van der Waals surface area contributed by atoms with Crippen molar-refractivity contribution in [1.82, 2.24) is 9.34 Å². The van der Waals surface area contributed by atoms with E-state index in [0.29, 0.717) is 5.75 Å². The summed E-state index contributed by atoms with van der Waals surface area (Å²) >= 11 is 0. The van der Waals surface area contributed by atoms with Crippen LogP contribution in [0.3, 0.4) is 0 Å². The van der Waals surface area contributed by atoms with Crippen LogP contribution < -0.4 is 9.26 Å². The van der Waals surface area contributed by atoms with Crippen LogP contribution in [0.4, 0.5) is 0 Å². The molecule has 18 heavy (non-hydrogen) atoms. The van der Waals surface area contributed by atoms with Crippen molar-refractivity contribution in [3.63, 3.8) is 0 Å². The SMILES string of the molecule is COc1ccc(OP(=O)(N(C)C)N(C)C)c(C)c1. The van der Waals surface area contributed by atoms with Gasteiger partial charge in [0.05, 0.1) is 7.11 Å². The summed E-state index contributed by atoms with van der Waals surface area (Å²) in [5.74, 6) is 1.35. The Labute approximate surface area is 109 Å². The number of methoxy groups -OCH3 is 1. The van der Waals surface area contributed by atoms with Crippen LogP contribution in [0.15, 0.2) is 18.2 Å². The first-order valence-electron chi connectivity index (χ1n) is 5.61. The van der Waals surface area contributed by atoms with Crippen molar-refractivity contribution in [1.29, 1.82) is 0 Å². The fraction of sp³-hybridized carbons (Fsp3) is 0.500. The van der Waals surface area contributed by atoms with Gasteiger partial charge in [0.1, 0.15) is 11.5 Å². The highest BCUT2D eigenvalue weighted by molar-refractivity contribution is 7.54. The summed E-state index contributed by atoms with van der Waals surface area (Å²) in [4.78, 5) is 0. The average molecular weight is 272 g/mol. The highest BCUT2D eigenvalue weighted by Crippen LogP contribution is 2.51. The maximum atomic E-state index is 12.7. The summed E-state index contributed by atoms with van der Waals surface area (Å²) in [7, 11) is 5.54. The van der Waals surface area contributed by atoms with Gasteiger partial charge < -0.3 is 9.26 Å². The average Bonchev–Trinajstić information content (AvgIpc) is 2.30. The van der Waals surface area contributed by atoms with Crippen LogP contribution in [0.2, 0.25) is 0 Å². The molecular weight excluding hydrogens is 251 g/mol. The van der Waals surface area contributed by atoms with Gasteiger partial charge in [-0.05, 0) is 58.9 Å². The lowest BCUT2D eigenvalue weighted by Gasteiger charge is -2.30. The molecule has 0 fully saturated rings. The van der Waals surface area contributed by atoms with Crippen molar-refractivity contribution in [3.8, 4) is 11.5 Å². The predicted octanol–water partition coefficient (Wildman–Crippen LogP) is 2.61. The van der Waals surface area contributed by atoms with Gasteiger partial charge in [0.15, 0.2) is 0 Å². The summed E-state index contributed by atoms with van der Waals surface area (Å²) in [6.45, 7) is 1.90. The molecule has 0 radical (unpaired) electrons. The lowest BCUT2D eigenvalue weighted by Crippen LogP contribution is -2.24. The molecule has 0 bridgehead atoms. The molecule has 0 N–H and O–H groups in total. The number of benzene rings is 1. The number of hydrogen-bond acceptors (Lipinski definition) is 3. The Balaban J connectivity index is 3.06. The predicted molar refractivity (Wildman–Crippen MR) is 73.3 cm³/mol. The molecule has 0 saturated heterocycles. The molecule has 0 aliphatic heterocycles. The van der Waals surface area contributed by atoms with Gasteiger partial charge >= 0.3 is 7.67 Å². The number of nitrogens with zero attached hydrogens (tertiary/aromatic N) is 2. The molecule has 0 spiro atoms. The Morgan fingerprint density at radius 1 is 1.11 bits per heavy atom. The van der Waals surface area contributed by atoms with E-state index < -0.39 is 7.67 Å². The minimum atomic E-state index is -3.01. The molecule has 1 aromatic carbocycles. The van der Waals surface area contributed by atoms with Crippen LogP contribution >= 0.6 is 7.67 Å². The zero-order valence-corrected chi connectivity index (χ0v) is 12.7. The molecular formula is C12H21N2O3P. The molecule has 0 atom stereocenters. The van der Waals surface area contributed by atoms with Crippen molar-refractivity contribution < 1.29 is 13.8 Å². The van der Waals surface area contributed by atoms with Crippen molar-refractivity contribution >= 4 is 7.67 Å². The first-order chi connectivity index (χ1) is 8.31. The zero-order valence-electron chi connectivity index (χ0n) is 11.8. The monoisotopic (exact) mass is 272 g/mol. The molecule has 0 unspecified atom stereocenters. The third kappa shape index (κ3) is 3.05. The van der Waals surface area contributed by atoms with Crippen LogP contribution in [-0.2, 0) is 4.57 Å². The van der Waals surface area contributed by atoms with Gasteiger partial charge in [-0.3, -0.25) is 0 Å². The quantitative estimate of drug-likeness (QED) is 0.771. The lowest BCUT2D eigenvalue weighted by molar-refractivity contribution is 0.352. The summed E-state index contributed by atoms with van der Waals surface area (Å²) in [5.41, 5.74) is 0.887. The Bertz CT molecular complexity index is 449. The normalized spacial score (nSPS) is 12.0. The van der Waals surface area contributed by atoms with Gasteiger partial charge in [0.25, 0.3) is 0 Å². The summed E-state index contributed by atoms with van der Waals surface area (Å²) < 4.78 is 26.7. The molecule has 1 aromatic rings. The van der Waals surface area contributed by atoms with Gasteiger partial charge in [0, 0.05) is 0 Å².